The number of urea groups is 1. The zero-order valence-electron chi connectivity index (χ0n) is 15.7. The van der Waals surface area contributed by atoms with Gasteiger partial charge in [0.05, 0.1) is 18.1 Å². The first-order valence-corrected chi connectivity index (χ1v) is 10.0. The molecule has 0 bridgehead atoms. The van der Waals surface area contributed by atoms with E-state index in [2.05, 4.69) is 15.4 Å². The van der Waals surface area contributed by atoms with Crippen molar-refractivity contribution in [1.29, 1.82) is 0 Å². The molecule has 0 spiro atoms. The predicted molar refractivity (Wildman–Crippen MR) is 101 cm³/mol. The fraction of sp³-hybridized carbons (Fsp3) is 0.500. The van der Waals surface area contributed by atoms with E-state index >= 15 is 4.39 Å². The summed E-state index contributed by atoms with van der Waals surface area (Å²) in [4.78, 5) is 18.2. The molecule has 1 N–H and O–H groups in total. The van der Waals surface area contributed by atoms with Crippen LogP contribution >= 0.6 is 0 Å². The molecule has 1 aliphatic rings. The molecule has 146 valence electrons. The third-order valence-corrected chi connectivity index (χ3v) is 6.84. The molecule has 0 aliphatic carbocycles. The van der Waals surface area contributed by atoms with Crippen molar-refractivity contribution < 1.29 is 13.4 Å². The van der Waals surface area contributed by atoms with Crippen molar-refractivity contribution in [1.82, 2.24) is 19.7 Å². The highest BCUT2D eigenvalue weighted by Gasteiger charge is 2.43. The predicted octanol–water partition coefficient (Wildman–Crippen LogP) is 2.86. The average molecular weight is 393 g/mol. The van der Waals surface area contributed by atoms with Crippen LogP contribution in [0.2, 0.25) is 0 Å². The minimum atomic E-state index is -1.88. The SMILES string of the molecule is Cc1ccc(NC(=O)N2CCC(C(C)(F)S(=O)c3ccnn3C)CC2)cn1. The van der Waals surface area contributed by atoms with Crippen LogP contribution in [0.1, 0.15) is 25.5 Å². The van der Waals surface area contributed by atoms with Crippen LogP contribution in [0.15, 0.2) is 35.6 Å². The Labute approximate surface area is 160 Å². The smallest absolute Gasteiger partial charge is 0.321 e. The van der Waals surface area contributed by atoms with Crippen molar-refractivity contribution in [3.05, 3.63) is 36.3 Å². The van der Waals surface area contributed by atoms with Crippen molar-refractivity contribution in [2.24, 2.45) is 13.0 Å². The number of aryl methyl sites for hydroxylation is 2. The highest BCUT2D eigenvalue weighted by atomic mass is 32.2. The first-order chi connectivity index (χ1) is 12.8. The van der Waals surface area contributed by atoms with Gasteiger partial charge in [0.1, 0.15) is 15.8 Å². The number of likely N-dealkylation sites (tertiary alicyclic amines) is 1. The zero-order chi connectivity index (χ0) is 19.6. The topological polar surface area (TPSA) is 80.1 Å². The molecule has 2 amide bonds. The zero-order valence-corrected chi connectivity index (χ0v) is 16.5. The van der Waals surface area contributed by atoms with Gasteiger partial charge < -0.3 is 10.2 Å². The van der Waals surface area contributed by atoms with Crippen LogP contribution in [0.4, 0.5) is 14.9 Å². The maximum atomic E-state index is 15.4. The molecule has 27 heavy (non-hydrogen) atoms. The van der Waals surface area contributed by atoms with Crippen LogP contribution in [-0.2, 0) is 17.8 Å². The summed E-state index contributed by atoms with van der Waals surface area (Å²) >= 11 is 0. The third kappa shape index (κ3) is 4.18. The Morgan fingerprint density at radius 3 is 2.59 bits per heavy atom. The number of hydrogen-bond acceptors (Lipinski definition) is 4. The van der Waals surface area contributed by atoms with Crippen molar-refractivity contribution in [2.75, 3.05) is 18.4 Å². The van der Waals surface area contributed by atoms with Gasteiger partial charge in [-0.2, -0.15) is 5.10 Å². The van der Waals surface area contributed by atoms with E-state index in [0.717, 1.165) is 5.69 Å². The monoisotopic (exact) mass is 393 g/mol. The second-order valence-electron chi connectivity index (χ2n) is 6.93. The number of piperidine rings is 1. The third-order valence-electron chi connectivity index (χ3n) is 5.00. The molecule has 2 aromatic rings. The molecule has 0 saturated carbocycles. The van der Waals surface area contributed by atoms with Crippen LogP contribution < -0.4 is 5.32 Å². The van der Waals surface area contributed by atoms with Gasteiger partial charge in [0.2, 0.25) is 0 Å². The molecule has 9 heteroatoms. The van der Waals surface area contributed by atoms with Gasteiger partial charge in [-0.15, -0.1) is 0 Å². The lowest BCUT2D eigenvalue weighted by Crippen LogP contribution is -2.46. The number of anilines is 1. The molecule has 1 saturated heterocycles. The van der Waals surface area contributed by atoms with Gasteiger partial charge in [0.15, 0.2) is 5.00 Å². The lowest BCUT2D eigenvalue weighted by Gasteiger charge is -2.37. The van der Waals surface area contributed by atoms with Crippen molar-refractivity contribution >= 4 is 22.5 Å². The molecule has 1 aliphatic heterocycles. The first kappa shape index (κ1) is 19.5. The van der Waals surface area contributed by atoms with E-state index in [1.54, 1.807) is 30.3 Å². The minimum Gasteiger partial charge on any atom is -0.325 e. The number of hydrogen-bond donors (Lipinski definition) is 1. The molecule has 1 fully saturated rings. The minimum absolute atomic E-state index is 0.229. The Morgan fingerprint density at radius 1 is 1.33 bits per heavy atom. The number of carbonyl (C=O) groups excluding carboxylic acids is 1. The van der Waals surface area contributed by atoms with E-state index in [9.17, 15) is 9.00 Å². The molecule has 2 atom stereocenters. The molecular formula is C18H24FN5O2S. The Balaban J connectivity index is 1.59. The van der Waals surface area contributed by atoms with Crippen molar-refractivity contribution in [2.45, 2.75) is 36.7 Å². The van der Waals surface area contributed by atoms with Gasteiger partial charge in [-0.25, -0.2) is 13.4 Å². The van der Waals surface area contributed by atoms with Crippen molar-refractivity contribution in [3.8, 4) is 0 Å². The second kappa shape index (κ2) is 7.75. The molecule has 7 nitrogen and oxygen atoms in total. The Bertz CT molecular complexity index is 829. The summed E-state index contributed by atoms with van der Waals surface area (Å²) in [5.74, 6) is -0.390. The van der Waals surface area contributed by atoms with Crippen molar-refractivity contribution in [3.63, 3.8) is 0 Å². The van der Waals surface area contributed by atoms with E-state index < -0.39 is 21.7 Å². The molecule has 0 radical (unpaired) electrons. The Kier molecular flexibility index (Phi) is 5.59. The number of aromatic nitrogens is 3. The number of rotatable bonds is 4. The molecule has 3 heterocycles. The molecule has 0 aromatic carbocycles. The summed E-state index contributed by atoms with van der Waals surface area (Å²) in [5, 5.41) is 5.26. The van der Waals surface area contributed by atoms with Crippen LogP contribution in [0.5, 0.6) is 0 Å². The number of alkyl halides is 1. The number of pyridine rings is 1. The van der Waals surface area contributed by atoms with Crippen LogP contribution in [0, 0.1) is 12.8 Å². The lowest BCUT2D eigenvalue weighted by molar-refractivity contribution is 0.120. The highest BCUT2D eigenvalue weighted by molar-refractivity contribution is 7.86. The summed E-state index contributed by atoms with van der Waals surface area (Å²) in [6.07, 6.45) is 4.03. The molecule has 2 unspecified atom stereocenters. The molecule has 3 rings (SSSR count). The fourth-order valence-corrected chi connectivity index (χ4v) is 4.66. The normalized spacial score (nSPS) is 18.7. The maximum absolute atomic E-state index is 15.4. The van der Waals surface area contributed by atoms with Gasteiger partial charge in [-0.05, 0) is 44.9 Å². The molecule has 2 aromatic heterocycles. The van der Waals surface area contributed by atoms with Gasteiger partial charge in [-0.1, -0.05) is 0 Å². The van der Waals surface area contributed by atoms with Crippen LogP contribution in [-0.4, -0.2) is 48.0 Å². The summed E-state index contributed by atoms with van der Waals surface area (Å²) in [6, 6.07) is 4.96. The van der Waals surface area contributed by atoms with E-state index in [1.165, 1.54) is 17.8 Å². The number of amides is 2. The van der Waals surface area contributed by atoms with Gasteiger partial charge in [0, 0.05) is 31.7 Å². The maximum Gasteiger partial charge on any atom is 0.321 e. The van der Waals surface area contributed by atoms with Gasteiger partial charge in [0.25, 0.3) is 0 Å². The van der Waals surface area contributed by atoms with Gasteiger partial charge >= 0.3 is 6.03 Å². The largest absolute Gasteiger partial charge is 0.325 e. The fourth-order valence-electron chi connectivity index (χ4n) is 3.24. The summed E-state index contributed by atoms with van der Waals surface area (Å²) in [6.45, 7) is 4.09. The number of nitrogens with zero attached hydrogens (tertiary/aromatic N) is 4. The number of nitrogens with one attached hydrogen (secondary N) is 1. The van der Waals surface area contributed by atoms with Gasteiger partial charge in [-0.3, -0.25) is 9.67 Å². The van der Waals surface area contributed by atoms with E-state index in [-0.39, 0.29) is 6.03 Å². The number of carbonyl (C=O) groups is 1. The van der Waals surface area contributed by atoms with Crippen LogP contribution in [0.3, 0.4) is 0 Å². The first-order valence-electron chi connectivity index (χ1n) is 8.86. The average Bonchev–Trinajstić information content (AvgIpc) is 3.08. The Morgan fingerprint density at radius 2 is 2.04 bits per heavy atom. The highest BCUT2D eigenvalue weighted by Crippen LogP contribution is 2.36. The quantitative estimate of drug-likeness (QED) is 0.866. The van der Waals surface area contributed by atoms with E-state index in [4.69, 9.17) is 0 Å². The Hall–Kier alpha value is -2.29. The standard InChI is InChI=1S/C18H24FN5O2S/c1-13-4-5-15(12-20-13)22-17(25)24-10-7-14(8-11-24)18(2,19)27(26)16-6-9-21-23(16)3/h4-6,9,12,14H,7-8,10-11H2,1-3H3,(H,22,25). The number of halogens is 1. The summed E-state index contributed by atoms with van der Waals surface area (Å²) in [7, 11) is -0.172. The lowest BCUT2D eigenvalue weighted by atomic mass is 9.92. The van der Waals surface area contributed by atoms with Crippen LogP contribution in [0.25, 0.3) is 0 Å². The summed E-state index contributed by atoms with van der Waals surface area (Å²) < 4.78 is 29.5. The van der Waals surface area contributed by atoms with E-state index in [1.807, 2.05) is 13.0 Å². The second-order valence-corrected chi connectivity index (χ2v) is 8.68. The summed E-state index contributed by atoms with van der Waals surface area (Å²) in [5.41, 5.74) is 1.50. The molecular weight excluding hydrogens is 369 g/mol. The van der Waals surface area contributed by atoms with E-state index in [0.29, 0.717) is 36.6 Å².